The second-order valence-electron chi connectivity index (χ2n) is 11.7. The van der Waals surface area contributed by atoms with Crippen molar-refractivity contribution in [3.05, 3.63) is 107 Å². The second kappa shape index (κ2) is 13.9. The zero-order valence-corrected chi connectivity index (χ0v) is 25.5. The first kappa shape index (κ1) is 29.7. The van der Waals surface area contributed by atoms with Crippen molar-refractivity contribution in [1.29, 1.82) is 0 Å². The number of rotatable bonds is 10. The maximum Gasteiger partial charge on any atom is 0.0695 e. The Hall–Kier alpha value is -3.27. The molecule has 0 radical (unpaired) electrons. The Morgan fingerprint density at radius 1 is 1.20 bits per heavy atom. The standard InChI is InChI=1S/C36H50N4/c1-8-20-40-34(10-3)35(36(38-40)33-16-13-14-28(7)37-33)30-18-17-27(6)32(24-30)23-29(9-2)31-15-11-12-21-39(25-31)22-19-26(4)5/h9,11-12,14-15,21,23-25,33-35,37H,4,6,8,10,13,16-20,22H2,1-3,5,7H3/b29-9+,32-23-. The van der Waals surface area contributed by atoms with Gasteiger partial charge in [-0.05, 0) is 100 Å². The Morgan fingerprint density at radius 3 is 2.73 bits per heavy atom. The van der Waals surface area contributed by atoms with Crippen molar-refractivity contribution >= 4 is 5.71 Å². The third-order valence-corrected chi connectivity index (χ3v) is 8.45. The summed E-state index contributed by atoms with van der Waals surface area (Å²) in [5.74, 6) is 0.351. The molecule has 3 heterocycles. The normalized spacial score (nSPS) is 26.3. The van der Waals surface area contributed by atoms with Gasteiger partial charge in [-0.2, -0.15) is 5.10 Å². The van der Waals surface area contributed by atoms with Crippen LogP contribution in [0.25, 0.3) is 0 Å². The molecule has 0 amide bonds. The van der Waals surface area contributed by atoms with E-state index in [1.54, 1.807) is 0 Å². The first-order valence-corrected chi connectivity index (χ1v) is 15.4. The van der Waals surface area contributed by atoms with Crippen LogP contribution in [0, 0.1) is 5.92 Å². The predicted molar refractivity (Wildman–Crippen MR) is 173 cm³/mol. The van der Waals surface area contributed by atoms with Gasteiger partial charge in [-0.15, -0.1) is 6.58 Å². The average molecular weight is 539 g/mol. The van der Waals surface area contributed by atoms with E-state index in [2.05, 4.69) is 118 Å². The molecule has 0 aromatic heterocycles. The molecule has 0 aromatic rings. The highest BCUT2D eigenvalue weighted by Gasteiger charge is 2.41. The van der Waals surface area contributed by atoms with Crippen molar-refractivity contribution in [2.45, 2.75) is 91.6 Å². The highest BCUT2D eigenvalue weighted by Crippen LogP contribution is 2.40. The molecule has 0 aromatic carbocycles. The summed E-state index contributed by atoms with van der Waals surface area (Å²) in [5, 5.41) is 11.5. The maximum absolute atomic E-state index is 5.32. The lowest BCUT2D eigenvalue weighted by Crippen LogP contribution is -2.43. The Morgan fingerprint density at radius 2 is 2.02 bits per heavy atom. The molecule has 3 atom stereocenters. The van der Waals surface area contributed by atoms with Crippen molar-refractivity contribution in [3.8, 4) is 0 Å². The van der Waals surface area contributed by atoms with Crippen LogP contribution in [0.3, 0.4) is 0 Å². The van der Waals surface area contributed by atoms with E-state index in [0.717, 1.165) is 58.0 Å². The molecule has 0 fully saturated rings. The van der Waals surface area contributed by atoms with Gasteiger partial charge in [0.25, 0.3) is 0 Å². The molecule has 3 aliphatic heterocycles. The topological polar surface area (TPSA) is 30.9 Å². The summed E-state index contributed by atoms with van der Waals surface area (Å²) in [6.07, 6.45) is 27.7. The van der Waals surface area contributed by atoms with Gasteiger partial charge in [0, 0.05) is 37.1 Å². The van der Waals surface area contributed by atoms with Gasteiger partial charge in [-0.3, -0.25) is 5.01 Å². The first-order chi connectivity index (χ1) is 19.3. The first-order valence-electron chi connectivity index (χ1n) is 15.4. The molecule has 4 heteroatoms. The van der Waals surface area contributed by atoms with E-state index in [0.29, 0.717) is 18.0 Å². The van der Waals surface area contributed by atoms with Gasteiger partial charge < -0.3 is 10.2 Å². The molecule has 4 rings (SSSR count). The van der Waals surface area contributed by atoms with Gasteiger partial charge >= 0.3 is 0 Å². The van der Waals surface area contributed by atoms with Crippen LogP contribution in [0.5, 0.6) is 0 Å². The Balaban J connectivity index is 1.67. The molecule has 4 nitrogen and oxygen atoms in total. The monoisotopic (exact) mass is 538 g/mol. The Labute approximate surface area is 243 Å². The minimum Gasteiger partial charge on any atom is -0.381 e. The maximum atomic E-state index is 5.32. The third kappa shape index (κ3) is 7.08. The molecule has 4 aliphatic rings. The summed E-state index contributed by atoms with van der Waals surface area (Å²) < 4.78 is 0. The number of hydrogen-bond acceptors (Lipinski definition) is 4. The summed E-state index contributed by atoms with van der Waals surface area (Å²) in [6.45, 7) is 21.5. The van der Waals surface area contributed by atoms with E-state index in [1.807, 2.05) is 0 Å². The molecule has 40 heavy (non-hydrogen) atoms. The molecule has 1 aliphatic carbocycles. The molecule has 0 spiro atoms. The number of nitrogens with zero attached hydrogens (tertiary/aromatic N) is 3. The van der Waals surface area contributed by atoms with Crippen LogP contribution < -0.4 is 5.32 Å². The summed E-state index contributed by atoms with van der Waals surface area (Å²) in [5.41, 5.74) is 10.3. The van der Waals surface area contributed by atoms with Crippen LogP contribution in [-0.2, 0) is 0 Å². The number of hydrazone groups is 1. The molecule has 3 unspecified atom stereocenters. The largest absolute Gasteiger partial charge is 0.381 e. The van der Waals surface area contributed by atoms with Crippen LogP contribution in [-0.4, -0.2) is 40.8 Å². The van der Waals surface area contributed by atoms with Crippen LogP contribution in [0.15, 0.2) is 112 Å². The Kier molecular flexibility index (Phi) is 10.3. The molecular formula is C36H50N4. The lowest BCUT2D eigenvalue weighted by Gasteiger charge is -2.33. The van der Waals surface area contributed by atoms with Crippen LogP contribution in [0.2, 0.25) is 0 Å². The molecule has 214 valence electrons. The summed E-state index contributed by atoms with van der Waals surface area (Å²) in [7, 11) is 0. The molecule has 0 saturated heterocycles. The number of hydrogen-bond donors (Lipinski definition) is 1. The summed E-state index contributed by atoms with van der Waals surface area (Å²) >= 11 is 0. The molecule has 0 bridgehead atoms. The minimum atomic E-state index is 0.314. The highest BCUT2D eigenvalue weighted by molar-refractivity contribution is 5.96. The lowest BCUT2D eigenvalue weighted by molar-refractivity contribution is 0.203. The van der Waals surface area contributed by atoms with Crippen molar-refractivity contribution < 1.29 is 0 Å². The minimum absolute atomic E-state index is 0.314. The van der Waals surface area contributed by atoms with E-state index in [9.17, 15) is 0 Å². The van der Waals surface area contributed by atoms with E-state index in [-0.39, 0.29) is 0 Å². The summed E-state index contributed by atoms with van der Waals surface area (Å²) in [6, 6.07) is 0.734. The highest BCUT2D eigenvalue weighted by atomic mass is 15.5. The molecule has 1 N–H and O–H groups in total. The van der Waals surface area contributed by atoms with Crippen molar-refractivity contribution in [1.82, 2.24) is 15.2 Å². The smallest absolute Gasteiger partial charge is 0.0695 e. The SMILES string of the molecule is C=C(C)CCN1C=CC=CC(C(/C=C2/C=C(C3C(C4CCC=C(C)N4)=NN(CCC)C3CC)CCC2=C)=C/C)=C1. The van der Waals surface area contributed by atoms with E-state index >= 15 is 0 Å². The van der Waals surface area contributed by atoms with Gasteiger partial charge in [0.1, 0.15) is 0 Å². The van der Waals surface area contributed by atoms with Crippen LogP contribution in [0.4, 0.5) is 0 Å². The van der Waals surface area contributed by atoms with E-state index < -0.39 is 0 Å². The van der Waals surface area contributed by atoms with Crippen molar-refractivity contribution in [2.75, 3.05) is 13.1 Å². The van der Waals surface area contributed by atoms with Gasteiger partial charge in [-0.1, -0.05) is 62.0 Å². The average Bonchev–Trinajstić information content (AvgIpc) is 3.13. The molecular weight excluding hydrogens is 488 g/mol. The fourth-order valence-corrected chi connectivity index (χ4v) is 6.28. The fraction of sp³-hybridized carbons (Fsp3) is 0.472. The van der Waals surface area contributed by atoms with Crippen molar-refractivity contribution in [3.63, 3.8) is 0 Å². The predicted octanol–water partition coefficient (Wildman–Crippen LogP) is 8.50. The van der Waals surface area contributed by atoms with Crippen LogP contribution in [0.1, 0.15) is 79.6 Å². The van der Waals surface area contributed by atoms with Crippen LogP contribution >= 0.6 is 0 Å². The number of allylic oxidation sites excluding steroid dienone is 12. The third-order valence-electron chi connectivity index (χ3n) is 8.45. The van der Waals surface area contributed by atoms with Gasteiger partial charge in [0.05, 0.1) is 17.8 Å². The van der Waals surface area contributed by atoms with E-state index in [4.69, 9.17) is 5.10 Å². The fourth-order valence-electron chi connectivity index (χ4n) is 6.28. The quantitative estimate of drug-likeness (QED) is 0.283. The zero-order chi connectivity index (χ0) is 28.6. The van der Waals surface area contributed by atoms with E-state index in [1.165, 1.54) is 44.8 Å². The lowest BCUT2D eigenvalue weighted by atomic mass is 9.76. The van der Waals surface area contributed by atoms with Crippen molar-refractivity contribution in [2.24, 2.45) is 11.0 Å². The van der Waals surface area contributed by atoms with Gasteiger partial charge in [0.2, 0.25) is 0 Å². The second-order valence-corrected chi connectivity index (χ2v) is 11.7. The van der Waals surface area contributed by atoms with Gasteiger partial charge in [0.15, 0.2) is 0 Å². The Bertz CT molecular complexity index is 1220. The number of nitrogens with one attached hydrogen (secondary N) is 1. The van der Waals surface area contributed by atoms with Gasteiger partial charge in [-0.25, -0.2) is 0 Å². The zero-order valence-electron chi connectivity index (χ0n) is 25.5. The summed E-state index contributed by atoms with van der Waals surface area (Å²) in [4.78, 5) is 2.27. The molecule has 0 saturated carbocycles.